The van der Waals surface area contributed by atoms with Gasteiger partial charge in [-0.2, -0.15) is 0 Å². The number of benzene rings is 1. The minimum Gasteiger partial charge on any atom is -0.480 e. The van der Waals surface area contributed by atoms with Gasteiger partial charge in [0.2, 0.25) is 0 Å². The van der Waals surface area contributed by atoms with Gasteiger partial charge in [-0.3, -0.25) is 9.69 Å². The Labute approximate surface area is 229 Å². The zero-order valence-electron chi connectivity index (χ0n) is 19.8. The Hall–Kier alpha value is -2.32. The molecule has 1 fully saturated rings. The summed E-state index contributed by atoms with van der Waals surface area (Å²) in [6.07, 6.45) is 2.25. The number of morpholine rings is 1. The van der Waals surface area contributed by atoms with E-state index in [1.54, 1.807) is 11.3 Å². The molecule has 0 spiro atoms. The van der Waals surface area contributed by atoms with Crippen molar-refractivity contribution in [2.24, 2.45) is 0 Å². The largest absolute Gasteiger partial charge is 0.480 e. The third-order valence-electron chi connectivity index (χ3n) is 5.98. The summed E-state index contributed by atoms with van der Waals surface area (Å²) in [4.78, 5) is 16.2. The highest BCUT2D eigenvalue weighted by atomic mass is 35.5. The second-order valence-electron chi connectivity index (χ2n) is 8.30. The summed E-state index contributed by atoms with van der Waals surface area (Å²) >= 11 is 19.0. The molecule has 3 aromatic rings. The van der Waals surface area contributed by atoms with E-state index in [-0.39, 0.29) is 6.42 Å². The smallest absolute Gasteiger partial charge is 0.321 e. The quantitative estimate of drug-likeness (QED) is 0.308. The number of carboxylic acids is 1. The molecule has 1 saturated heterocycles. The van der Waals surface area contributed by atoms with Crippen LogP contribution in [0.3, 0.4) is 0 Å². The molecule has 2 aromatic heterocycles. The summed E-state index contributed by atoms with van der Waals surface area (Å²) < 4.78 is 8.15. The van der Waals surface area contributed by atoms with Gasteiger partial charge in [-0.25, -0.2) is 0 Å². The number of aliphatic carboxylic acids is 1. The van der Waals surface area contributed by atoms with Crippen LogP contribution in [0.25, 0.3) is 10.2 Å². The predicted molar refractivity (Wildman–Crippen MR) is 152 cm³/mol. The zero-order valence-corrected chi connectivity index (χ0v) is 23.0. The van der Waals surface area contributed by atoms with Crippen LogP contribution < -0.4 is 5.32 Å². The number of thiocarbonyl (C=S) groups is 1. The SMILES string of the molecule is CCn1cc(C(=S)NCc2ccc(Cl)cc2)c(=S)c2cc(C#CCC(C(=O)O)N3CCOCC3)sc21. The van der Waals surface area contributed by atoms with Gasteiger partial charge in [0.25, 0.3) is 0 Å². The van der Waals surface area contributed by atoms with Crippen LogP contribution in [0.2, 0.25) is 5.02 Å². The maximum atomic E-state index is 11.8. The van der Waals surface area contributed by atoms with E-state index < -0.39 is 12.0 Å². The van der Waals surface area contributed by atoms with E-state index in [0.717, 1.165) is 32.8 Å². The molecule has 188 valence electrons. The van der Waals surface area contributed by atoms with E-state index in [1.807, 2.05) is 41.4 Å². The number of halogens is 1. The van der Waals surface area contributed by atoms with Crippen LogP contribution in [0.1, 0.15) is 29.3 Å². The van der Waals surface area contributed by atoms with Crippen LogP contribution >= 0.6 is 47.4 Å². The first-order chi connectivity index (χ1) is 17.4. The molecule has 1 aliphatic heterocycles. The number of aromatic nitrogens is 1. The highest BCUT2D eigenvalue weighted by Gasteiger charge is 2.26. The lowest BCUT2D eigenvalue weighted by Gasteiger charge is -2.30. The van der Waals surface area contributed by atoms with E-state index in [1.165, 1.54) is 0 Å². The molecule has 0 saturated carbocycles. The van der Waals surface area contributed by atoms with Gasteiger partial charge in [-0.05, 0) is 30.7 Å². The summed E-state index contributed by atoms with van der Waals surface area (Å²) in [5.41, 5.74) is 1.88. The van der Waals surface area contributed by atoms with Gasteiger partial charge in [0, 0.05) is 54.8 Å². The van der Waals surface area contributed by atoms with Gasteiger partial charge in [-0.1, -0.05) is 60.0 Å². The fourth-order valence-corrected chi connectivity index (χ4v) is 5.88. The molecular weight excluding hydrogens is 534 g/mol. The molecule has 0 aliphatic carbocycles. The lowest BCUT2D eigenvalue weighted by Crippen LogP contribution is -2.47. The number of fused-ring (bicyclic) bond motifs is 1. The Bertz CT molecular complexity index is 1380. The van der Waals surface area contributed by atoms with E-state index in [9.17, 15) is 9.90 Å². The van der Waals surface area contributed by atoms with Crippen LogP contribution in [0.4, 0.5) is 0 Å². The molecule has 0 amide bonds. The van der Waals surface area contributed by atoms with Crippen molar-refractivity contribution >= 4 is 68.5 Å². The number of nitrogens with one attached hydrogen (secondary N) is 1. The van der Waals surface area contributed by atoms with Crippen molar-refractivity contribution in [3.05, 3.63) is 62.1 Å². The van der Waals surface area contributed by atoms with Crippen molar-refractivity contribution in [2.75, 3.05) is 26.3 Å². The zero-order chi connectivity index (χ0) is 25.7. The molecular formula is C26H26ClN3O3S3. The highest BCUT2D eigenvalue weighted by Crippen LogP contribution is 2.28. The fraction of sp³-hybridized carbons (Fsp3) is 0.346. The molecule has 36 heavy (non-hydrogen) atoms. The minimum absolute atomic E-state index is 0.252. The minimum atomic E-state index is -0.858. The number of pyridine rings is 1. The average Bonchev–Trinajstić information content (AvgIpc) is 3.31. The van der Waals surface area contributed by atoms with Gasteiger partial charge < -0.3 is 19.7 Å². The van der Waals surface area contributed by atoms with E-state index >= 15 is 0 Å². The maximum Gasteiger partial charge on any atom is 0.321 e. The molecule has 2 N–H and O–H groups in total. The first-order valence-electron chi connectivity index (χ1n) is 11.6. The number of carboxylic acid groups (broad SMARTS) is 1. The standard InChI is InChI=1S/C26H26ClN3O3S3/c1-2-29-16-21(24(35)28-15-17-6-8-18(27)9-7-17)23(34)20-14-19(36-25(20)29)4-3-5-22(26(31)32)30-10-12-33-13-11-30/h6-9,14,16,22H,2,5,10-13,15H2,1H3,(H,28,35)(H,31,32). The lowest BCUT2D eigenvalue weighted by atomic mass is 10.1. The molecule has 1 aliphatic rings. The van der Waals surface area contributed by atoms with Crippen LogP contribution in [0.15, 0.2) is 36.5 Å². The predicted octanol–water partition coefficient (Wildman–Crippen LogP) is 5.10. The second kappa shape index (κ2) is 12.3. The van der Waals surface area contributed by atoms with E-state index in [2.05, 4.69) is 28.6 Å². The van der Waals surface area contributed by atoms with Crippen molar-refractivity contribution in [3.8, 4) is 11.8 Å². The van der Waals surface area contributed by atoms with Crippen molar-refractivity contribution in [3.63, 3.8) is 0 Å². The normalized spacial score (nSPS) is 14.7. The topological polar surface area (TPSA) is 66.7 Å². The summed E-state index contributed by atoms with van der Waals surface area (Å²) in [5, 5.41) is 14.6. The number of aryl methyl sites for hydroxylation is 1. The summed E-state index contributed by atoms with van der Waals surface area (Å²) in [6.45, 7) is 5.70. The number of rotatable bonds is 7. The first kappa shape index (κ1) is 26.7. The number of thiophene rings is 1. The lowest BCUT2D eigenvalue weighted by molar-refractivity contribution is -0.144. The molecule has 10 heteroatoms. The number of nitrogens with zero attached hydrogens (tertiary/aromatic N) is 2. The number of hydrogen-bond acceptors (Lipinski definition) is 6. The van der Waals surface area contributed by atoms with Gasteiger partial charge in [0.15, 0.2) is 0 Å². The van der Waals surface area contributed by atoms with Gasteiger partial charge in [-0.15, -0.1) is 11.3 Å². The molecule has 3 heterocycles. The Morgan fingerprint density at radius 3 is 2.69 bits per heavy atom. The Morgan fingerprint density at radius 1 is 1.31 bits per heavy atom. The van der Waals surface area contributed by atoms with Gasteiger partial charge in [0.1, 0.15) is 15.9 Å². The second-order valence-corrected chi connectivity index (χ2v) is 10.6. The number of hydrogen-bond donors (Lipinski definition) is 2. The van der Waals surface area contributed by atoms with Gasteiger partial charge in [0.05, 0.1) is 22.6 Å². The Balaban J connectivity index is 1.54. The number of carbonyl (C=O) groups is 1. The maximum absolute atomic E-state index is 11.8. The van der Waals surface area contributed by atoms with Gasteiger partial charge >= 0.3 is 5.97 Å². The van der Waals surface area contributed by atoms with Crippen LogP contribution in [0, 0.1) is 16.4 Å². The summed E-state index contributed by atoms with van der Waals surface area (Å²) in [6, 6.07) is 8.97. The molecule has 4 rings (SSSR count). The summed E-state index contributed by atoms with van der Waals surface area (Å²) in [5.74, 6) is 5.39. The monoisotopic (exact) mass is 559 g/mol. The fourth-order valence-electron chi connectivity index (χ4n) is 4.01. The number of ether oxygens (including phenoxy) is 1. The van der Waals surface area contributed by atoms with Crippen molar-refractivity contribution < 1.29 is 14.6 Å². The van der Waals surface area contributed by atoms with E-state index in [4.69, 9.17) is 40.8 Å². The molecule has 1 atom stereocenters. The van der Waals surface area contributed by atoms with Crippen molar-refractivity contribution in [1.82, 2.24) is 14.8 Å². The Kier molecular flexibility index (Phi) is 9.12. The van der Waals surface area contributed by atoms with Crippen molar-refractivity contribution in [2.45, 2.75) is 32.5 Å². The van der Waals surface area contributed by atoms with Crippen LogP contribution in [-0.2, 0) is 22.6 Å². The van der Waals surface area contributed by atoms with Crippen LogP contribution in [-0.4, -0.2) is 57.9 Å². The summed E-state index contributed by atoms with van der Waals surface area (Å²) in [7, 11) is 0. The van der Waals surface area contributed by atoms with Crippen molar-refractivity contribution in [1.29, 1.82) is 0 Å². The average molecular weight is 560 g/mol. The Morgan fingerprint density at radius 2 is 2.03 bits per heavy atom. The van der Waals surface area contributed by atoms with Crippen LogP contribution in [0.5, 0.6) is 0 Å². The molecule has 0 radical (unpaired) electrons. The third-order valence-corrected chi connectivity index (χ3v) is 8.12. The first-order valence-corrected chi connectivity index (χ1v) is 13.6. The third kappa shape index (κ3) is 6.32. The molecule has 0 bridgehead atoms. The molecule has 6 nitrogen and oxygen atoms in total. The molecule has 1 aromatic carbocycles. The van der Waals surface area contributed by atoms with E-state index in [0.29, 0.717) is 47.4 Å². The molecule has 1 unspecified atom stereocenters. The highest BCUT2D eigenvalue weighted by molar-refractivity contribution is 7.80.